The van der Waals surface area contributed by atoms with Crippen molar-refractivity contribution in [2.45, 2.75) is 30.0 Å². The standard InChI is InChI=1S/C12H20N4O3S/c1-15-6-12(13-9-15)20(17,18)14-10-7-19-8-11(10)16-4-2-3-5-16/h6,9-11,14H,2-5,7-8H2,1H3/t10-,11-/m0/s1. The largest absolute Gasteiger partial charge is 0.378 e. The zero-order valence-corrected chi connectivity index (χ0v) is 12.3. The van der Waals surface area contributed by atoms with E-state index in [0.717, 1.165) is 13.1 Å². The average Bonchev–Trinajstić information content (AvgIpc) is 3.07. The molecule has 0 amide bonds. The third-order valence-electron chi connectivity index (χ3n) is 3.92. The van der Waals surface area contributed by atoms with Crippen LogP contribution in [0.3, 0.4) is 0 Å². The predicted molar refractivity (Wildman–Crippen MR) is 72.7 cm³/mol. The Labute approximate surface area is 119 Å². The van der Waals surface area contributed by atoms with Gasteiger partial charge in [0.15, 0.2) is 5.03 Å². The summed E-state index contributed by atoms with van der Waals surface area (Å²) in [7, 11) is -1.83. The van der Waals surface area contributed by atoms with Gasteiger partial charge in [-0.1, -0.05) is 0 Å². The topological polar surface area (TPSA) is 76.5 Å². The molecule has 0 aliphatic carbocycles. The molecule has 2 fully saturated rings. The molecule has 1 N–H and O–H groups in total. The number of hydrogen-bond donors (Lipinski definition) is 1. The minimum Gasteiger partial charge on any atom is -0.378 e. The number of nitrogens with zero attached hydrogens (tertiary/aromatic N) is 3. The summed E-state index contributed by atoms with van der Waals surface area (Å²) in [6.07, 6.45) is 5.34. The number of ether oxygens (including phenoxy) is 1. The minimum atomic E-state index is -3.57. The number of imidazole rings is 1. The molecule has 3 heterocycles. The molecule has 112 valence electrons. The van der Waals surface area contributed by atoms with E-state index in [1.165, 1.54) is 25.4 Å². The van der Waals surface area contributed by atoms with E-state index in [-0.39, 0.29) is 17.1 Å². The lowest BCUT2D eigenvalue weighted by Gasteiger charge is -2.27. The van der Waals surface area contributed by atoms with E-state index >= 15 is 0 Å². The molecule has 0 radical (unpaired) electrons. The molecule has 0 saturated carbocycles. The van der Waals surface area contributed by atoms with Crippen LogP contribution in [0.5, 0.6) is 0 Å². The molecule has 20 heavy (non-hydrogen) atoms. The Balaban J connectivity index is 1.72. The van der Waals surface area contributed by atoms with Gasteiger partial charge in [-0.05, 0) is 25.9 Å². The van der Waals surface area contributed by atoms with Gasteiger partial charge in [-0.25, -0.2) is 18.1 Å². The lowest BCUT2D eigenvalue weighted by molar-refractivity contribution is 0.159. The molecule has 0 unspecified atom stereocenters. The van der Waals surface area contributed by atoms with Crippen LogP contribution in [0.2, 0.25) is 0 Å². The van der Waals surface area contributed by atoms with Crippen LogP contribution in [0, 0.1) is 0 Å². The van der Waals surface area contributed by atoms with Gasteiger partial charge in [-0.3, -0.25) is 4.90 Å². The Bertz CT molecular complexity index is 565. The number of nitrogens with one attached hydrogen (secondary N) is 1. The summed E-state index contributed by atoms with van der Waals surface area (Å²) in [6.45, 7) is 3.06. The highest BCUT2D eigenvalue weighted by Crippen LogP contribution is 2.20. The molecule has 2 aliphatic rings. The first-order chi connectivity index (χ1) is 9.56. The zero-order chi connectivity index (χ0) is 14.2. The second-order valence-electron chi connectivity index (χ2n) is 5.45. The summed E-state index contributed by atoms with van der Waals surface area (Å²) >= 11 is 0. The van der Waals surface area contributed by atoms with E-state index in [1.807, 2.05) is 0 Å². The Hall–Kier alpha value is -0.960. The predicted octanol–water partition coefficient (Wildman–Crippen LogP) is -0.438. The monoisotopic (exact) mass is 300 g/mol. The van der Waals surface area contributed by atoms with E-state index in [4.69, 9.17) is 4.74 Å². The van der Waals surface area contributed by atoms with Crippen molar-refractivity contribution in [3.63, 3.8) is 0 Å². The third-order valence-corrected chi connectivity index (χ3v) is 5.30. The molecule has 2 atom stereocenters. The van der Waals surface area contributed by atoms with Gasteiger partial charge in [0.05, 0.1) is 31.6 Å². The highest BCUT2D eigenvalue weighted by atomic mass is 32.2. The summed E-state index contributed by atoms with van der Waals surface area (Å²) in [4.78, 5) is 6.23. The molecule has 0 spiro atoms. The first kappa shape index (κ1) is 14.0. The van der Waals surface area contributed by atoms with Gasteiger partial charge in [-0.15, -0.1) is 0 Å². The highest BCUT2D eigenvalue weighted by molar-refractivity contribution is 7.89. The van der Waals surface area contributed by atoms with Crippen LogP contribution in [-0.4, -0.2) is 61.3 Å². The lowest BCUT2D eigenvalue weighted by Crippen LogP contribution is -2.50. The van der Waals surface area contributed by atoms with E-state index in [0.29, 0.717) is 13.2 Å². The molecular weight excluding hydrogens is 280 g/mol. The first-order valence-corrected chi connectivity index (χ1v) is 8.37. The fourth-order valence-corrected chi connectivity index (χ4v) is 4.11. The SMILES string of the molecule is Cn1cnc(S(=O)(=O)N[C@H]2COC[C@@H]2N2CCCC2)c1. The number of hydrogen-bond acceptors (Lipinski definition) is 5. The quantitative estimate of drug-likeness (QED) is 0.816. The second kappa shape index (κ2) is 5.44. The fourth-order valence-electron chi connectivity index (χ4n) is 2.88. The Morgan fingerprint density at radius 1 is 1.35 bits per heavy atom. The number of rotatable bonds is 4. The van der Waals surface area contributed by atoms with E-state index in [2.05, 4.69) is 14.6 Å². The van der Waals surface area contributed by atoms with Gasteiger partial charge < -0.3 is 9.30 Å². The summed E-state index contributed by atoms with van der Waals surface area (Å²) in [5.74, 6) is 0. The van der Waals surface area contributed by atoms with Crippen LogP contribution in [-0.2, 0) is 21.8 Å². The average molecular weight is 300 g/mol. The molecule has 3 rings (SSSR count). The first-order valence-electron chi connectivity index (χ1n) is 6.88. The van der Waals surface area contributed by atoms with Crippen molar-refractivity contribution in [2.75, 3.05) is 26.3 Å². The van der Waals surface area contributed by atoms with E-state index in [1.54, 1.807) is 11.6 Å². The maximum Gasteiger partial charge on any atom is 0.259 e. The van der Waals surface area contributed by atoms with E-state index in [9.17, 15) is 8.42 Å². The van der Waals surface area contributed by atoms with Crippen molar-refractivity contribution in [3.05, 3.63) is 12.5 Å². The van der Waals surface area contributed by atoms with E-state index < -0.39 is 10.0 Å². The van der Waals surface area contributed by atoms with Crippen LogP contribution in [0.25, 0.3) is 0 Å². The van der Waals surface area contributed by atoms with Gasteiger partial charge in [-0.2, -0.15) is 0 Å². The molecule has 7 nitrogen and oxygen atoms in total. The smallest absolute Gasteiger partial charge is 0.259 e. The fraction of sp³-hybridized carbons (Fsp3) is 0.750. The highest BCUT2D eigenvalue weighted by Gasteiger charge is 2.37. The third kappa shape index (κ3) is 2.73. The minimum absolute atomic E-state index is 0.0621. The Morgan fingerprint density at radius 2 is 2.10 bits per heavy atom. The summed E-state index contributed by atoms with van der Waals surface area (Å²) in [5.41, 5.74) is 0. The maximum atomic E-state index is 12.3. The number of sulfonamides is 1. The molecule has 2 aliphatic heterocycles. The van der Waals surface area contributed by atoms with Crippen LogP contribution in [0.1, 0.15) is 12.8 Å². The molecule has 8 heteroatoms. The summed E-state index contributed by atoms with van der Waals surface area (Å²) in [5, 5.41) is 0.0621. The van der Waals surface area contributed by atoms with Crippen molar-refractivity contribution in [3.8, 4) is 0 Å². The van der Waals surface area contributed by atoms with Crippen molar-refractivity contribution >= 4 is 10.0 Å². The van der Waals surface area contributed by atoms with Crippen molar-refractivity contribution < 1.29 is 13.2 Å². The summed E-state index contributed by atoms with van der Waals surface area (Å²) < 4.78 is 34.4. The van der Waals surface area contributed by atoms with Crippen LogP contribution >= 0.6 is 0 Å². The molecular formula is C12H20N4O3S. The molecule has 1 aromatic rings. The van der Waals surface area contributed by atoms with Crippen molar-refractivity contribution in [1.82, 2.24) is 19.2 Å². The van der Waals surface area contributed by atoms with Gasteiger partial charge in [0.2, 0.25) is 0 Å². The lowest BCUT2D eigenvalue weighted by atomic mass is 10.1. The Morgan fingerprint density at radius 3 is 2.75 bits per heavy atom. The van der Waals surface area contributed by atoms with Crippen LogP contribution in [0.4, 0.5) is 0 Å². The number of likely N-dealkylation sites (tertiary alicyclic amines) is 1. The van der Waals surface area contributed by atoms with Crippen LogP contribution in [0.15, 0.2) is 17.6 Å². The van der Waals surface area contributed by atoms with Crippen LogP contribution < -0.4 is 4.72 Å². The van der Waals surface area contributed by atoms with Crippen molar-refractivity contribution in [1.29, 1.82) is 0 Å². The zero-order valence-electron chi connectivity index (χ0n) is 11.5. The Kier molecular flexibility index (Phi) is 3.80. The molecule has 1 aromatic heterocycles. The summed E-state index contributed by atoms with van der Waals surface area (Å²) in [6, 6.07) is -0.0592. The second-order valence-corrected chi connectivity index (χ2v) is 7.11. The van der Waals surface area contributed by atoms with Crippen molar-refractivity contribution in [2.24, 2.45) is 7.05 Å². The van der Waals surface area contributed by atoms with Gasteiger partial charge >= 0.3 is 0 Å². The van der Waals surface area contributed by atoms with Gasteiger partial charge in [0.25, 0.3) is 10.0 Å². The molecule has 2 saturated heterocycles. The van der Waals surface area contributed by atoms with Gasteiger partial charge in [0.1, 0.15) is 0 Å². The number of aryl methyl sites for hydroxylation is 1. The number of aromatic nitrogens is 2. The maximum absolute atomic E-state index is 12.3. The molecule has 0 aromatic carbocycles. The normalized spacial score (nSPS) is 28.2. The van der Waals surface area contributed by atoms with Gasteiger partial charge in [0, 0.05) is 13.2 Å². The molecule has 0 bridgehead atoms.